The highest BCUT2D eigenvalue weighted by Crippen LogP contribution is 2.38. The van der Waals surface area contributed by atoms with Crippen molar-refractivity contribution in [1.29, 1.82) is 0 Å². The van der Waals surface area contributed by atoms with E-state index in [2.05, 4.69) is 24.1 Å². The van der Waals surface area contributed by atoms with Crippen LogP contribution in [0.4, 0.5) is 0 Å². The van der Waals surface area contributed by atoms with Crippen molar-refractivity contribution in [1.82, 2.24) is 10.2 Å². The average Bonchev–Trinajstić information content (AvgIpc) is 2.79. The van der Waals surface area contributed by atoms with Crippen LogP contribution in [0.2, 0.25) is 0 Å². The van der Waals surface area contributed by atoms with Crippen molar-refractivity contribution in [3.8, 4) is 0 Å². The Balaban J connectivity index is 2.62. The predicted molar refractivity (Wildman–Crippen MR) is 78.4 cm³/mol. The predicted octanol–water partition coefficient (Wildman–Crippen LogP) is 2.34. The zero-order valence-corrected chi connectivity index (χ0v) is 12.7. The summed E-state index contributed by atoms with van der Waals surface area (Å²) in [6.45, 7) is 10.3. The van der Waals surface area contributed by atoms with Gasteiger partial charge in [-0.3, -0.25) is 4.79 Å². The maximum atomic E-state index is 11.7. The van der Waals surface area contributed by atoms with Crippen LogP contribution in [0.25, 0.3) is 0 Å². The van der Waals surface area contributed by atoms with E-state index in [1.165, 1.54) is 0 Å². The molecule has 0 saturated heterocycles. The minimum Gasteiger partial charge on any atom is -0.480 e. The molecule has 0 aromatic rings. The van der Waals surface area contributed by atoms with E-state index in [-0.39, 0.29) is 5.92 Å². The van der Waals surface area contributed by atoms with E-state index >= 15 is 0 Å². The van der Waals surface area contributed by atoms with Crippen molar-refractivity contribution in [2.24, 2.45) is 5.92 Å². The molecule has 0 aliphatic heterocycles. The molecule has 1 fully saturated rings. The summed E-state index contributed by atoms with van der Waals surface area (Å²) in [6.07, 6.45) is 5.01. The molecular formula is C15H30N2O2. The monoisotopic (exact) mass is 270 g/mol. The maximum absolute atomic E-state index is 11.7. The van der Waals surface area contributed by atoms with Gasteiger partial charge in [0.1, 0.15) is 5.54 Å². The topological polar surface area (TPSA) is 52.6 Å². The molecule has 1 aliphatic carbocycles. The van der Waals surface area contributed by atoms with Crippen LogP contribution in [-0.4, -0.2) is 47.7 Å². The van der Waals surface area contributed by atoms with Gasteiger partial charge in [-0.25, -0.2) is 0 Å². The van der Waals surface area contributed by atoms with Gasteiger partial charge < -0.3 is 15.3 Å². The van der Waals surface area contributed by atoms with Gasteiger partial charge in [-0.15, -0.1) is 0 Å². The summed E-state index contributed by atoms with van der Waals surface area (Å²) >= 11 is 0. The average molecular weight is 270 g/mol. The lowest BCUT2D eigenvalue weighted by molar-refractivity contribution is -0.146. The second kappa shape index (κ2) is 7.85. The fourth-order valence-electron chi connectivity index (χ4n) is 3.46. The van der Waals surface area contributed by atoms with Crippen molar-refractivity contribution in [3.63, 3.8) is 0 Å². The van der Waals surface area contributed by atoms with Gasteiger partial charge >= 0.3 is 5.97 Å². The molecule has 0 amide bonds. The Morgan fingerprint density at radius 2 is 2.11 bits per heavy atom. The van der Waals surface area contributed by atoms with Gasteiger partial charge in [0.25, 0.3) is 0 Å². The minimum atomic E-state index is -0.666. The number of carbonyl (C=O) groups is 1. The first kappa shape index (κ1) is 16.4. The zero-order chi connectivity index (χ0) is 14.3. The number of carboxylic acids is 1. The number of hydrogen-bond acceptors (Lipinski definition) is 3. The van der Waals surface area contributed by atoms with Crippen LogP contribution in [0.5, 0.6) is 0 Å². The van der Waals surface area contributed by atoms with E-state index in [0.717, 1.165) is 58.3 Å². The number of rotatable bonds is 9. The van der Waals surface area contributed by atoms with Gasteiger partial charge in [0.2, 0.25) is 0 Å². The van der Waals surface area contributed by atoms with Crippen LogP contribution in [0.3, 0.4) is 0 Å². The molecule has 0 bridgehead atoms. The third kappa shape index (κ3) is 3.93. The number of likely N-dealkylation sites (N-methyl/N-ethyl adjacent to an activating group) is 1. The smallest absolute Gasteiger partial charge is 0.324 e. The molecule has 2 unspecified atom stereocenters. The summed E-state index contributed by atoms with van der Waals surface area (Å²) in [6, 6.07) is 0. The quantitative estimate of drug-likeness (QED) is 0.675. The second-order valence-corrected chi connectivity index (χ2v) is 5.62. The third-order valence-electron chi connectivity index (χ3n) is 4.48. The molecule has 1 saturated carbocycles. The van der Waals surface area contributed by atoms with E-state index in [9.17, 15) is 9.90 Å². The number of hydrogen-bond donors (Lipinski definition) is 2. The Bertz CT molecular complexity index is 283. The molecule has 112 valence electrons. The van der Waals surface area contributed by atoms with Crippen LogP contribution in [0.1, 0.15) is 52.9 Å². The SMILES string of the molecule is CCCN(CC)CCC1CCCC1(NCC)C(=O)O. The summed E-state index contributed by atoms with van der Waals surface area (Å²) in [4.78, 5) is 14.1. The molecule has 4 nitrogen and oxygen atoms in total. The molecule has 0 spiro atoms. The maximum Gasteiger partial charge on any atom is 0.324 e. The van der Waals surface area contributed by atoms with Crippen molar-refractivity contribution in [3.05, 3.63) is 0 Å². The standard InChI is InChI=1S/C15H30N2O2/c1-4-11-17(6-3)12-9-13-8-7-10-15(13,14(18)19)16-5-2/h13,16H,4-12H2,1-3H3,(H,18,19). The van der Waals surface area contributed by atoms with Crippen LogP contribution >= 0.6 is 0 Å². The molecule has 1 rings (SSSR count). The summed E-state index contributed by atoms with van der Waals surface area (Å²) in [5.74, 6) is -0.383. The van der Waals surface area contributed by atoms with Crippen molar-refractivity contribution in [2.45, 2.75) is 58.4 Å². The highest BCUT2D eigenvalue weighted by atomic mass is 16.4. The highest BCUT2D eigenvalue weighted by Gasteiger charge is 2.48. The molecule has 0 radical (unpaired) electrons. The Kier molecular flexibility index (Phi) is 6.80. The molecule has 19 heavy (non-hydrogen) atoms. The van der Waals surface area contributed by atoms with E-state index in [4.69, 9.17) is 0 Å². The number of nitrogens with zero attached hydrogens (tertiary/aromatic N) is 1. The first-order valence-electron chi connectivity index (χ1n) is 7.81. The summed E-state index contributed by atoms with van der Waals surface area (Å²) in [7, 11) is 0. The highest BCUT2D eigenvalue weighted by molar-refractivity contribution is 5.79. The molecule has 1 aliphatic rings. The van der Waals surface area contributed by atoms with Crippen LogP contribution in [0.15, 0.2) is 0 Å². The van der Waals surface area contributed by atoms with Crippen LogP contribution < -0.4 is 5.32 Å². The van der Waals surface area contributed by atoms with Gasteiger partial charge in [0.05, 0.1) is 0 Å². The molecule has 2 atom stereocenters. The van der Waals surface area contributed by atoms with Gasteiger partial charge in [0, 0.05) is 0 Å². The normalized spacial score (nSPS) is 27.1. The van der Waals surface area contributed by atoms with Gasteiger partial charge in [-0.05, 0) is 57.8 Å². The molecule has 2 N–H and O–H groups in total. The first-order valence-corrected chi connectivity index (χ1v) is 7.81. The van der Waals surface area contributed by atoms with E-state index in [0.29, 0.717) is 0 Å². The Morgan fingerprint density at radius 3 is 2.63 bits per heavy atom. The fourth-order valence-corrected chi connectivity index (χ4v) is 3.46. The van der Waals surface area contributed by atoms with E-state index in [1.54, 1.807) is 0 Å². The van der Waals surface area contributed by atoms with Crippen LogP contribution in [-0.2, 0) is 4.79 Å². The van der Waals surface area contributed by atoms with E-state index in [1.807, 2.05) is 6.92 Å². The molecule has 0 aromatic carbocycles. The lowest BCUT2D eigenvalue weighted by Gasteiger charge is -2.33. The molecule has 4 heteroatoms. The van der Waals surface area contributed by atoms with Crippen molar-refractivity contribution in [2.75, 3.05) is 26.2 Å². The third-order valence-corrected chi connectivity index (χ3v) is 4.48. The molecular weight excluding hydrogens is 240 g/mol. The number of aliphatic carboxylic acids is 1. The number of nitrogens with one attached hydrogen (secondary N) is 1. The molecule has 0 aromatic heterocycles. The Morgan fingerprint density at radius 1 is 1.37 bits per heavy atom. The summed E-state index contributed by atoms with van der Waals surface area (Å²) in [5, 5.41) is 12.9. The van der Waals surface area contributed by atoms with Crippen LogP contribution in [0, 0.1) is 5.92 Å². The first-order chi connectivity index (χ1) is 9.10. The lowest BCUT2D eigenvalue weighted by atomic mass is 9.84. The molecule has 0 heterocycles. The second-order valence-electron chi connectivity index (χ2n) is 5.62. The van der Waals surface area contributed by atoms with Gasteiger partial charge in [0.15, 0.2) is 0 Å². The number of carboxylic acid groups (broad SMARTS) is 1. The minimum absolute atomic E-state index is 0.274. The van der Waals surface area contributed by atoms with Crippen molar-refractivity contribution < 1.29 is 9.90 Å². The van der Waals surface area contributed by atoms with Crippen molar-refractivity contribution >= 4 is 5.97 Å². The fraction of sp³-hybridized carbons (Fsp3) is 0.933. The summed E-state index contributed by atoms with van der Waals surface area (Å²) < 4.78 is 0. The van der Waals surface area contributed by atoms with Gasteiger partial charge in [-0.2, -0.15) is 0 Å². The Labute approximate surface area is 117 Å². The zero-order valence-electron chi connectivity index (χ0n) is 12.7. The van der Waals surface area contributed by atoms with E-state index < -0.39 is 11.5 Å². The Hall–Kier alpha value is -0.610. The lowest BCUT2D eigenvalue weighted by Crippen LogP contribution is -2.55. The van der Waals surface area contributed by atoms with Gasteiger partial charge in [-0.1, -0.05) is 27.2 Å². The largest absolute Gasteiger partial charge is 0.480 e. The summed E-state index contributed by atoms with van der Waals surface area (Å²) in [5.41, 5.74) is -0.666.